The van der Waals surface area contributed by atoms with Crippen molar-refractivity contribution in [1.82, 2.24) is 15.0 Å². The van der Waals surface area contributed by atoms with Crippen LogP contribution in [0.4, 0.5) is 5.69 Å². The first-order chi connectivity index (χ1) is 12.0. The van der Waals surface area contributed by atoms with E-state index in [0.717, 1.165) is 5.57 Å². The first-order valence-electron chi connectivity index (χ1n) is 7.57. The first kappa shape index (κ1) is 16.4. The summed E-state index contributed by atoms with van der Waals surface area (Å²) in [5, 5.41) is 12.6. The van der Waals surface area contributed by atoms with Gasteiger partial charge >= 0.3 is 5.97 Å². The van der Waals surface area contributed by atoms with E-state index >= 15 is 0 Å². The van der Waals surface area contributed by atoms with Gasteiger partial charge in [0.2, 0.25) is 5.91 Å². The average Bonchev–Trinajstić information content (AvgIpc) is 2.98. The van der Waals surface area contributed by atoms with Gasteiger partial charge in [0.25, 0.3) is 0 Å². The van der Waals surface area contributed by atoms with E-state index in [1.807, 2.05) is 13.8 Å². The summed E-state index contributed by atoms with van der Waals surface area (Å²) >= 11 is 0. The van der Waals surface area contributed by atoms with Crippen LogP contribution in [0.2, 0.25) is 0 Å². The molecule has 25 heavy (non-hydrogen) atoms. The fourth-order valence-corrected chi connectivity index (χ4v) is 2.54. The summed E-state index contributed by atoms with van der Waals surface area (Å²) in [6, 6.07) is 7.08. The number of fused-ring (bicyclic) bond motifs is 1. The number of nitrogens with zero attached hydrogens (tertiary/aromatic N) is 2. The second-order valence-electron chi connectivity index (χ2n) is 5.75. The van der Waals surface area contributed by atoms with Crippen molar-refractivity contribution in [2.45, 2.75) is 13.8 Å². The number of H-pyrrole nitrogens is 1. The molecule has 2 aromatic heterocycles. The number of hydrogen-bond acceptors (Lipinski definition) is 4. The van der Waals surface area contributed by atoms with E-state index in [1.165, 1.54) is 18.6 Å². The van der Waals surface area contributed by atoms with Gasteiger partial charge in [0.15, 0.2) is 0 Å². The Morgan fingerprint density at radius 1 is 1.24 bits per heavy atom. The molecule has 0 unspecified atom stereocenters. The van der Waals surface area contributed by atoms with Gasteiger partial charge in [-0.25, -0.2) is 14.8 Å². The summed E-state index contributed by atoms with van der Waals surface area (Å²) in [5.74, 6) is -1.28. The lowest BCUT2D eigenvalue weighted by Crippen LogP contribution is -2.08. The second kappa shape index (κ2) is 6.56. The van der Waals surface area contributed by atoms with Crippen LogP contribution >= 0.6 is 0 Å². The zero-order chi connectivity index (χ0) is 18.0. The molecule has 7 nitrogen and oxygen atoms in total. The standard InChI is InChI=1S/C18H16N4O3/c1-10(2)6-14(23)22-12-5-3-4-11(7-12)16-15-13(18(24)25)8-19-17(15)21-9-20-16/h3-9H,1-2H3,(H,22,23)(H,24,25)(H,19,20,21). The minimum absolute atomic E-state index is 0.101. The smallest absolute Gasteiger partial charge is 0.338 e. The molecule has 0 fully saturated rings. The van der Waals surface area contributed by atoms with E-state index in [2.05, 4.69) is 20.3 Å². The highest BCUT2D eigenvalue weighted by Crippen LogP contribution is 2.29. The first-order valence-corrected chi connectivity index (χ1v) is 7.57. The molecule has 0 aliphatic carbocycles. The number of aromatic amines is 1. The Morgan fingerprint density at radius 2 is 2.04 bits per heavy atom. The number of carbonyl (C=O) groups is 2. The molecule has 3 aromatic rings. The Kier molecular flexibility index (Phi) is 4.30. The van der Waals surface area contributed by atoms with Gasteiger partial charge in [0, 0.05) is 23.5 Å². The molecule has 3 rings (SSSR count). The van der Waals surface area contributed by atoms with Crippen LogP contribution in [0.5, 0.6) is 0 Å². The molecule has 0 aliphatic rings. The third-order valence-electron chi connectivity index (χ3n) is 3.52. The van der Waals surface area contributed by atoms with E-state index in [4.69, 9.17) is 0 Å². The van der Waals surface area contributed by atoms with Gasteiger partial charge in [-0.3, -0.25) is 4.79 Å². The number of nitrogens with one attached hydrogen (secondary N) is 2. The number of anilines is 1. The molecule has 0 radical (unpaired) electrons. The molecule has 2 heterocycles. The molecule has 7 heteroatoms. The quantitative estimate of drug-likeness (QED) is 0.634. The fraction of sp³-hybridized carbons (Fsp3) is 0.111. The molecule has 0 bridgehead atoms. The molecule has 0 aliphatic heterocycles. The molecule has 1 amide bonds. The van der Waals surface area contributed by atoms with Gasteiger partial charge in [-0.15, -0.1) is 0 Å². The van der Waals surface area contributed by atoms with Crippen molar-refractivity contribution in [1.29, 1.82) is 0 Å². The second-order valence-corrected chi connectivity index (χ2v) is 5.75. The van der Waals surface area contributed by atoms with Crippen molar-refractivity contribution < 1.29 is 14.7 Å². The lowest BCUT2D eigenvalue weighted by atomic mass is 10.1. The monoisotopic (exact) mass is 336 g/mol. The van der Waals surface area contributed by atoms with Gasteiger partial charge in [0.05, 0.1) is 16.6 Å². The SMILES string of the molecule is CC(C)=CC(=O)Nc1cccc(-c2ncnc3[nH]cc(C(=O)O)c23)c1. The maximum absolute atomic E-state index is 11.9. The predicted molar refractivity (Wildman–Crippen MR) is 94.3 cm³/mol. The van der Waals surface area contributed by atoms with E-state index < -0.39 is 5.97 Å². The number of allylic oxidation sites excluding steroid dienone is 1. The van der Waals surface area contributed by atoms with Crippen molar-refractivity contribution >= 4 is 28.6 Å². The number of rotatable bonds is 4. The maximum atomic E-state index is 11.9. The van der Waals surface area contributed by atoms with E-state index in [0.29, 0.717) is 28.0 Å². The van der Waals surface area contributed by atoms with Crippen LogP contribution < -0.4 is 5.32 Å². The van der Waals surface area contributed by atoms with Gasteiger partial charge in [0.1, 0.15) is 12.0 Å². The van der Waals surface area contributed by atoms with Crippen molar-refractivity contribution in [2.75, 3.05) is 5.32 Å². The minimum atomic E-state index is -1.06. The predicted octanol–water partition coefficient (Wildman–Crippen LogP) is 3.23. The molecule has 0 saturated carbocycles. The lowest BCUT2D eigenvalue weighted by molar-refractivity contribution is -0.111. The zero-order valence-electron chi connectivity index (χ0n) is 13.7. The average molecular weight is 336 g/mol. The summed E-state index contributed by atoms with van der Waals surface area (Å²) in [5.41, 5.74) is 3.21. The van der Waals surface area contributed by atoms with Gasteiger partial charge in [-0.1, -0.05) is 17.7 Å². The molecule has 0 spiro atoms. The topological polar surface area (TPSA) is 108 Å². The Labute approximate surface area is 143 Å². The molecule has 0 atom stereocenters. The number of aromatic carboxylic acids is 1. The van der Waals surface area contributed by atoms with E-state index in [-0.39, 0.29) is 11.5 Å². The van der Waals surface area contributed by atoms with Gasteiger partial charge in [-0.2, -0.15) is 0 Å². The van der Waals surface area contributed by atoms with Crippen molar-refractivity contribution in [2.24, 2.45) is 0 Å². The van der Waals surface area contributed by atoms with E-state index in [9.17, 15) is 14.7 Å². The Bertz CT molecular complexity index is 1000. The summed E-state index contributed by atoms with van der Waals surface area (Å²) in [6.45, 7) is 3.68. The summed E-state index contributed by atoms with van der Waals surface area (Å²) in [4.78, 5) is 34.5. The third-order valence-corrected chi connectivity index (χ3v) is 3.52. The number of aromatic nitrogens is 3. The largest absolute Gasteiger partial charge is 0.478 e. The summed E-state index contributed by atoms with van der Waals surface area (Å²) in [7, 11) is 0. The van der Waals surface area contributed by atoms with Crippen LogP contribution in [-0.4, -0.2) is 31.9 Å². The number of hydrogen-bond donors (Lipinski definition) is 3. The van der Waals surface area contributed by atoms with Gasteiger partial charge in [-0.05, 0) is 26.0 Å². The highest BCUT2D eigenvalue weighted by atomic mass is 16.4. The highest BCUT2D eigenvalue weighted by Gasteiger charge is 2.17. The molecular formula is C18H16N4O3. The number of carboxylic acids is 1. The highest BCUT2D eigenvalue weighted by molar-refractivity contribution is 6.07. The maximum Gasteiger partial charge on any atom is 0.338 e. The molecule has 126 valence electrons. The molecule has 0 saturated heterocycles. The van der Waals surface area contributed by atoms with Crippen LogP contribution in [0.1, 0.15) is 24.2 Å². The number of carbonyl (C=O) groups excluding carboxylic acids is 1. The van der Waals surface area contributed by atoms with Crippen LogP contribution in [0.25, 0.3) is 22.3 Å². The fourth-order valence-electron chi connectivity index (χ4n) is 2.54. The van der Waals surface area contributed by atoms with Crippen LogP contribution in [0.3, 0.4) is 0 Å². The van der Waals surface area contributed by atoms with E-state index in [1.54, 1.807) is 24.3 Å². The normalized spacial score (nSPS) is 10.5. The number of carboxylic acid groups (broad SMARTS) is 1. The Hall–Kier alpha value is -3.48. The van der Waals surface area contributed by atoms with Crippen molar-refractivity contribution in [3.05, 3.63) is 54.0 Å². The third kappa shape index (κ3) is 3.40. The number of benzene rings is 1. The van der Waals surface area contributed by atoms with Crippen LogP contribution in [0, 0.1) is 0 Å². The molecular weight excluding hydrogens is 320 g/mol. The summed E-state index contributed by atoms with van der Waals surface area (Å²) in [6.07, 6.45) is 4.27. The number of amides is 1. The van der Waals surface area contributed by atoms with Crippen molar-refractivity contribution in [3.8, 4) is 11.3 Å². The van der Waals surface area contributed by atoms with Crippen LogP contribution in [0.15, 0.2) is 48.4 Å². The van der Waals surface area contributed by atoms with Crippen molar-refractivity contribution in [3.63, 3.8) is 0 Å². The van der Waals surface area contributed by atoms with Crippen LogP contribution in [-0.2, 0) is 4.79 Å². The molecule has 1 aromatic carbocycles. The zero-order valence-corrected chi connectivity index (χ0v) is 13.7. The summed E-state index contributed by atoms with van der Waals surface area (Å²) < 4.78 is 0. The van der Waals surface area contributed by atoms with Gasteiger partial charge < -0.3 is 15.4 Å². The molecule has 3 N–H and O–H groups in total. The lowest BCUT2D eigenvalue weighted by Gasteiger charge is -2.07. The Morgan fingerprint density at radius 3 is 2.76 bits per heavy atom. The Balaban J connectivity index is 2.06. The minimum Gasteiger partial charge on any atom is -0.478 e.